The number of amides is 3. The molecular formula is C27H31F5N8O5S. The molecule has 250 valence electrons. The van der Waals surface area contributed by atoms with E-state index in [4.69, 9.17) is 4.74 Å². The SMILES string of the molecule is COC(=O)N1CC=C(c2nc3n(CC(=O)Nc4ccc(S(F)(F)(F)(F)F)cc4)c(C)c(N4CCN(C(C)=O)CC4)c(=O)n3n2)CC1. The monoisotopic (exact) mass is 674 g/mol. The fraction of sp³-hybridized carbons (Fsp3) is 0.407. The third-order valence-corrected chi connectivity index (χ3v) is 8.99. The third-order valence-electron chi connectivity index (χ3n) is 7.83. The number of carbonyl (C=O) groups is 3. The molecule has 0 saturated carbocycles. The van der Waals surface area contributed by atoms with Gasteiger partial charge >= 0.3 is 16.3 Å². The minimum atomic E-state index is -9.89. The van der Waals surface area contributed by atoms with Crippen LogP contribution in [0.1, 0.15) is 24.9 Å². The third kappa shape index (κ3) is 6.63. The molecule has 1 N–H and O–H groups in total. The zero-order valence-corrected chi connectivity index (χ0v) is 25.8. The Hall–Kier alpha value is -4.68. The van der Waals surface area contributed by atoms with Crippen molar-refractivity contribution in [2.75, 3.05) is 56.6 Å². The summed E-state index contributed by atoms with van der Waals surface area (Å²) in [5.41, 5.74) is 0.537. The Balaban J connectivity index is 1.50. The van der Waals surface area contributed by atoms with E-state index in [-0.39, 0.29) is 47.6 Å². The van der Waals surface area contributed by atoms with E-state index in [1.54, 1.807) is 22.8 Å². The second-order valence-electron chi connectivity index (χ2n) is 10.9. The van der Waals surface area contributed by atoms with Gasteiger partial charge in [0, 0.05) is 57.6 Å². The highest BCUT2D eigenvalue weighted by Gasteiger charge is 2.65. The van der Waals surface area contributed by atoms with Gasteiger partial charge in [-0.05, 0) is 43.2 Å². The quantitative estimate of drug-likeness (QED) is 0.388. The number of fused-ring (bicyclic) bond motifs is 1. The fourth-order valence-corrected chi connectivity index (χ4v) is 6.04. The number of halogens is 5. The highest BCUT2D eigenvalue weighted by atomic mass is 32.5. The Bertz CT molecular complexity index is 1820. The minimum Gasteiger partial charge on any atom is -0.453 e. The Morgan fingerprint density at radius 3 is 2.17 bits per heavy atom. The average molecular weight is 675 g/mol. The number of ether oxygens (including phenoxy) is 1. The van der Waals surface area contributed by atoms with Crippen molar-refractivity contribution in [3.05, 3.63) is 52.2 Å². The smallest absolute Gasteiger partial charge is 0.409 e. The summed E-state index contributed by atoms with van der Waals surface area (Å²) in [6, 6.07) is 1.84. The molecule has 2 aliphatic rings. The highest BCUT2D eigenvalue weighted by molar-refractivity contribution is 8.45. The number of methoxy groups -OCH3 is 1. The zero-order chi connectivity index (χ0) is 33.7. The van der Waals surface area contributed by atoms with Crippen LogP contribution in [0.25, 0.3) is 11.4 Å². The maximum absolute atomic E-state index is 13.8. The van der Waals surface area contributed by atoms with Crippen LogP contribution in [0.2, 0.25) is 0 Å². The first-order valence-electron chi connectivity index (χ1n) is 14.0. The summed E-state index contributed by atoms with van der Waals surface area (Å²) < 4.78 is 72.9. The molecule has 3 amide bonds. The number of hydrogen-bond donors (Lipinski definition) is 1. The predicted molar refractivity (Wildman–Crippen MR) is 159 cm³/mol. The van der Waals surface area contributed by atoms with Crippen LogP contribution < -0.4 is 15.8 Å². The Kier molecular flexibility index (Phi) is 7.81. The summed E-state index contributed by atoms with van der Waals surface area (Å²) in [6.45, 7) is 4.47. The molecule has 0 spiro atoms. The van der Waals surface area contributed by atoms with E-state index in [0.29, 0.717) is 50.4 Å². The van der Waals surface area contributed by atoms with E-state index >= 15 is 0 Å². The Labute approximate surface area is 258 Å². The first kappa shape index (κ1) is 32.7. The molecule has 13 nitrogen and oxygen atoms in total. The van der Waals surface area contributed by atoms with Crippen LogP contribution in [0.5, 0.6) is 0 Å². The lowest BCUT2D eigenvalue weighted by atomic mass is 10.1. The zero-order valence-electron chi connectivity index (χ0n) is 25.0. The molecule has 2 aromatic heterocycles. The molecule has 0 radical (unpaired) electrons. The number of carbonyl (C=O) groups excluding carboxylic acids is 3. The van der Waals surface area contributed by atoms with Crippen LogP contribution in [0.4, 0.5) is 35.6 Å². The number of anilines is 2. The van der Waals surface area contributed by atoms with E-state index in [0.717, 1.165) is 16.6 Å². The van der Waals surface area contributed by atoms with E-state index < -0.39 is 39.2 Å². The van der Waals surface area contributed by atoms with Gasteiger partial charge in [-0.1, -0.05) is 25.5 Å². The molecule has 0 bridgehead atoms. The molecule has 4 heterocycles. The van der Waals surface area contributed by atoms with Crippen molar-refractivity contribution in [1.29, 1.82) is 0 Å². The van der Waals surface area contributed by atoms with Crippen molar-refractivity contribution in [1.82, 2.24) is 29.0 Å². The van der Waals surface area contributed by atoms with Gasteiger partial charge < -0.3 is 29.3 Å². The lowest BCUT2D eigenvalue weighted by Crippen LogP contribution is -2.50. The molecule has 46 heavy (non-hydrogen) atoms. The molecule has 0 atom stereocenters. The van der Waals surface area contributed by atoms with Crippen molar-refractivity contribution in [2.24, 2.45) is 0 Å². The molecule has 1 fully saturated rings. The average Bonchev–Trinajstić information content (AvgIpc) is 3.44. The molecule has 0 unspecified atom stereocenters. The summed E-state index contributed by atoms with van der Waals surface area (Å²) in [7, 11) is -8.62. The normalized spacial score (nSPS) is 17.3. The largest absolute Gasteiger partial charge is 0.453 e. The van der Waals surface area contributed by atoms with Crippen LogP contribution in [-0.4, -0.2) is 93.3 Å². The van der Waals surface area contributed by atoms with Crippen molar-refractivity contribution >= 4 is 50.9 Å². The van der Waals surface area contributed by atoms with Gasteiger partial charge in [0.2, 0.25) is 17.6 Å². The fourth-order valence-electron chi connectivity index (χ4n) is 5.39. The number of nitrogens with one attached hydrogen (secondary N) is 1. The molecule has 2 aliphatic heterocycles. The maximum Gasteiger partial charge on any atom is 0.409 e. The second kappa shape index (κ2) is 11.0. The summed E-state index contributed by atoms with van der Waals surface area (Å²) in [4.78, 5) is 58.1. The van der Waals surface area contributed by atoms with Crippen molar-refractivity contribution in [2.45, 2.75) is 31.7 Å². The summed E-state index contributed by atoms with van der Waals surface area (Å²) >= 11 is 0. The molecule has 1 saturated heterocycles. The van der Waals surface area contributed by atoms with E-state index in [9.17, 15) is 38.6 Å². The van der Waals surface area contributed by atoms with Gasteiger partial charge in [0.05, 0.1) is 7.11 Å². The number of hydrogen-bond acceptors (Lipinski definition) is 8. The molecule has 0 aliphatic carbocycles. The van der Waals surface area contributed by atoms with Crippen LogP contribution >= 0.6 is 10.2 Å². The standard InChI is InChI=1S/C27H31F5N8O5S/c1-17-23(37-14-12-36(13-15-37)18(2)41)25(43)40-26(34-24(35-40)19-8-10-38(11-9-19)27(44)45-3)39(17)16-22(42)33-20-4-6-21(7-5-20)46(28,29,30,31)32/h4-8H,9-16H2,1-3H3,(H,33,42). The lowest BCUT2D eigenvalue weighted by Gasteiger charge is -2.40. The first-order valence-corrected chi connectivity index (χ1v) is 16.0. The topological polar surface area (TPSA) is 134 Å². The molecule has 5 rings (SSSR count). The highest BCUT2D eigenvalue weighted by Crippen LogP contribution is 3.02. The van der Waals surface area contributed by atoms with Gasteiger partial charge in [0.15, 0.2) is 5.82 Å². The van der Waals surface area contributed by atoms with E-state index in [1.165, 1.54) is 23.5 Å². The first-order chi connectivity index (χ1) is 21.4. The Morgan fingerprint density at radius 2 is 1.63 bits per heavy atom. The lowest BCUT2D eigenvalue weighted by molar-refractivity contribution is -0.129. The number of aromatic nitrogens is 4. The van der Waals surface area contributed by atoms with Crippen LogP contribution in [0.3, 0.4) is 0 Å². The number of piperazine rings is 1. The summed E-state index contributed by atoms with van der Waals surface area (Å²) in [5.74, 6) is -0.648. The van der Waals surface area contributed by atoms with Crippen LogP contribution in [-0.2, 0) is 20.9 Å². The van der Waals surface area contributed by atoms with E-state index in [2.05, 4.69) is 15.4 Å². The van der Waals surface area contributed by atoms with Gasteiger partial charge in [-0.25, -0.2) is 4.79 Å². The molecule has 19 heteroatoms. The van der Waals surface area contributed by atoms with Gasteiger partial charge in [0.25, 0.3) is 5.56 Å². The van der Waals surface area contributed by atoms with Gasteiger partial charge in [-0.2, -0.15) is 9.50 Å². The Morgan fingerprint density at radius 1 is 0.978 bits per heavy atom. The molecule has 1 aromatic carbocycles. The van der Waals surface area contributed by atoms with Crippen molar-refractivity contribution < 1.29 is 38.5 Å². The second-order valence-corrected chi connectivity index (χ2v) is 13.3. The van der Waals surface area contributed by atoms with E-state index in [1.807, 2.05) is 0 Å². The van der Waals surface area contributed by atoms with Crippen molar-refractivity contribution in [3.63, 3.8) is 0 Å². The minimum absolute atomic E-state index is 0.00586. The maximum atomic E-state index is 13.8. The summed E-state index contributed by atoms with van der Waals surface area (Å²) in [6.07, 6.45) is 1.58. The van der Waals surface area contributed by atoms with Gasteiger partial charge in [-0.15, -0.1) is 5.10 Å². The number of nitrogens with zero attached hydrogens (tertiary/aromatic N) is 7. The van der Waals surface area contributed by atoms with Gasteiger partial charge in [0.1, 0.15) is 17.1 Å². The number of rotatable bonds is 6. The van der Waals surface area contributed by atoms with Crippen molar-refractivity contribution in [3.8, 4) is 0 Å². The predicted octanol–water partition coefficient (Wildman–Crippen LogP) is 4.02. The molecule has 3 aromatic rings. The van der Waals surface area contributed by atoms with Crippen LogP contribution in [0, 0.1) is 6.92 Å². The summed E-state index contributed by atoms with van der Waals surface area (Å²) in [5, 5.41) is 6.83. The van der Waals surface area contributed by atoms with Gasteiger partial charge in [-0.3, -0.25) is 14.4 Å². The molecular weight excluding hydrogens is 643 g/mol. The number of benzene rings is 1. The van der Waals surface area contributed by atoms with Crippen LogP contribution in [0.15, 0.2) is 40.0 Å².